The number of nitrogens with two attached hydrogens (primary N) is 1. The Labute approximate surface area is 215 Å². The maximum absolute atomic E-state index is 12.3. The summed E-state index contributed by atoms with van der Waals surface area (Å²) < 4.78 is 13.1. The molecule has 0 atom stereocenters. The monoisotopic (exact) mass is 496 g/mol. The van der Waals surface area contributed by atoms with Crippen molar-refractivity contribution in [2.24, 2.45) is 0 Å². The van der Waals surface area contributed by atoms with E-state index in [9.17, 15) is 10.1 Å². The van der Waals surface area contributed by atoms with Crippen LogP contribution in [-0.2, 0) is 4.74 Å². The first-order chi connectivity index (χ1) is 17.6. The highest BCUT2D eigenvalue weighted by Crippen LogP contribution is 2.37. The lowest BCUT2D eigenvalue weighted by Gasteiger charge is -2.39. The summed E-state index contributed by atoms with van der Waals surface area (Å²) in [6.07, 6.45) is 3.20. The van der Waals surface area contributed by atoms with Gasteiger partial charge in [-0.15, -0.1) is 0 Å². The number of anilines is 1. The molecule has 1 amide bonds. The number of aryl methyl sites for hydroxylation is 1. The van der Waals surface area contributed by atoms with E-state index in [-0.39, 0.29) is 12.0 Å². The summed E-state index contributed by atoms with van der Waals surface area (Å²) in [6.45, 7) is 8.48. The number of likely N-dealkylation sites (tertiary alicyclic amines) is 1. The fourth-order valence-electron chi connectivity index (χ4n) is 4.34. The van der Waals surface area contributed by atoms with Crippen LogP contribution in [0.3, 0.4) is 0 Å². The third-order valence-electron chi connectivity index (χ3n) is 6.17. The van der Waals surface area contributed by atoms with Gasteiger partial charge < -0.3 is 20.1 Å². The number of fused-ring (bicyclic) bond motifs is 1. The van der Waals surface area contributed by atoms with E-state index < -0.39 is 5.60 Å². The van der Waals surface area contributed by atoms with Crippen molar-refractivity contribution in [1.29, 1.82) is 5.26 Å². The number of ether oxygens (including phenoxy) is 2. The molecule has 188 valence electrons. The van der Waals surface area contributed by atoms with E-state index in [1.54, 1.807) is 21.6 Å². The van der Waals surface area contributed by atoms with Crippen molar-refractivity contribution in [3.63, 3.8) is 0 Å². The molecule has 1 saturated heterocycles. The topological polar surface area (TPSA) is 119 Å². The molecule has 4 aromatic rings. The number of pyridine rings is 1. The van der Waals surface area contributed by atoms with Gasteiger partial charge in [0, 0.05) is 42.5 Å². The normalized spacial score (nSPS) is 13.8. The van der Waals surface area contributed by atoms with Crippen molar-refractivity contribution in [2.45, 2.75) is 39.2 Å². The molecule has 9 heteroatoms. The molecule has 2 N–H and O–H groups in total. The van der Waals surface area contributed by atoms with Crippen LogP contribution in [0.15, 0.2) is 54.9 Å². The molecule has 4 heterocycles. The number of amides is 1. The first kappa shape index (κ1) is 24.1. The van der Waals surface area contributed by atoms with Gasteiger partial charge >= 0.3 is 6.09 Å². The number of hydrogen-bond donors (Lipinski definition) is 1. The van der Waals surface area contributed by atoms with E-state index in [4.69, 9.17) is 15.2 Å². The number of nitrogens with zero attached hydrogens (tertiary/aromatic N) is 5. The van der Waals surface area contributed by atoms with Crippen LogP contribution in [0.25, 0.3) is 16.6 Å². The summed E-state index contributed by atoms with van der Waals surface area (Å²) in [5, 5.41) is 9.95. The first-order valence-electron chi connectivity index (χ1n) is 12.0. The molecule has 1 fully saturated rings. The summed E-state index contributed by atoms with van der Waals surface area (Å²) >= 11 is 0. The molecule has 37 heavy (non-hydrogen) atoms. The lowest BCUT2D eigenvalue weighted by molar-refractivity contribution is 0.00784. The number of aromatic nitrogens is 3. The van der Waals surface area contributed by atoms with Crippen LogP contribution in [0.5, 0.6) is 11.6 Å². The van der Waals surface area contributed by atoms with Gasteiger partial charge in [-0.3, -0.25) is 9.38 Å². The second-order valence-electron chi connectivity index (χ2n) is 10.1. The second-order valence-corrected chi connectivity index (χ2v) is 10.1. The predicted molar refractivity (Wildman–Crippen MR) is 139 cm³/mol. The van der Waals surface area contributed by atoms with Crippen LogP contribution in [0.2, 0.25) is 0 Å². The van der Waals surface area contributed by atoms with E-state index in [0.29, 0.717) is 47.2 Å². The summed E-state index contributed by atoms with van der Waals surface area (Å²) in [4.78, 5) is 22.9. The highest BCUT2D eigenvalue weighted by atomic mass is 16.6. The van der Waals surface area contributed by atoms with Crippen molar-refractivity contribution >= 4 is 17.4 Å². The molecule has 1 aliphatic heterocycles. The average Bonchev–Trinajstić information content (AvgIpc) is 3.09. The molecule has 5 rings (SSSR count). The minimum Gasteiger partial charge on any atom is -0.444 e. The maximum atomic E-state index is 12.3. The third-order valence-corrected chi connectivity index (χ3v) is 6.17. The van der Waals surface area contributed by atoms with Crippen molar-refractivity contribution in [3.8, 4) is 28.8 Å². The zero-order chi connectivity index (χ0) is 26.3. The predicted octanol–water partition coefficient (Wildman–Crippen LogP) is 5.29. The molecule has 9 nitrogen and oxygen atoms in total. The molecule has 0 saturated carbocycles. The quantitative estimate of drug-likeness (QED) is 0.408. The number of carbonyl (C=O) groups is 1. The number of nitrogen functional groups attached to an aromatic ring is 1. The van der Waals surface area contributed by atoms with Gasteiger partial charge in [-0.1, -0.05) is 18.2 Å². The Morgan fingerprint density at radius 3 is 2.54 bits per heavy atom. The largest absolute Gasteiger partial charge is 0.444 e. The van der Waals surface area contributed by atoms with Gasteiger partial charge in [0.25, 0.3) is 0 Å². The Morgan fingerprint density at radius 2 is 1.89 bits per heavy atom. The summed E-state index contributed by atoms with van der Waals surface area (Å²) in [5.74, 6) is 1.66. The zero-order valence-corrected chi connectivity index (χ0v) is 21.2. The minimum absolute atomic E-state index is 0.0689. The Balaban J connectivity index is 1.39. The lowest BCUT2D eigenvalue weighted by atomic mass is 9.97. The Morgan fingerprint density at radius 1 is 1.16 bits per heavy atom. The number of benzene rings is 1. The first-order valence-corrected chi connectivity index (χ1v) is 12.0. The third kappa shape index (κ3) is 4.78. The zero-order valence-electron chi connectivity index (χ0n) is 21.2. The van der Waals surface area contributed by atoms with Gasteiger partial charge in [-0.05, 0) is 51.5 Å². The summed E-state index contributed by atoms with van der Waals surface area (Å²) in [5.41, 5.74) is 10.2. The van der Waals surface area contributed by atoms with Crippen LogP contribution in [0, 0.1) is 18.3 Å². The van der Waals surface area contributed by atoms with E-state index in [1.807, 2.05) is 70.3 Å². The van der Waals surface area contributed by atoms with Crippen LogP contribution < -0.4 is 10.5 Å². The summed E-state index contributed by atoms with van der Waals surface area (Å²) in [7, 11) is 0. The van der Waals surface area contributed by atoms with E-state index in [2.05, 4.69) is 16.0 Å². The van der Waals surface area contributed by atoms with Gasteiger partial charge in [-0.25, -0.2) is 9.78 Å². The van der Waals surface area contributed by atoms with Crippen LogP contribution in [-0.4, -0.2) is 44.1 Å². The summed E-state index contributed by atoms with van der Waals surface area (Å²) in [6, 6.07) is 15.3. The average molecular weight is 497 g/mol. The van der Waals surface area contributed by atoms with Crippen molar-refractivity contribution in [2.75, 3.05) is 18.8 Å². The molecule has 1 aliphatic rings. The smallest absolute Gasteiger partial charge is 0.410 e. The molecule has 0 radical (unpaired) electrons. The number of nitriles is 1. The van der Waals surface area contributed by atoms with E-state index >= 15 is 0 Å². The fraction of sp³-hybridized carbons (Fsp3) is 0.286. The molecule has 0 aliphatic carbocycles. The maximum Gasteiger partial charge on any atom is 0.410 e. The fourth-order valence-corrected chi connectivity index (χ4v) is 4.34. The number of rotatable bonds is 4. The van der Waals surface area contributed by atoms with Crippen molar-refractivity contribution < 1.29 is 14.3 Å². The number of carbonyl (C=O) groups excluding carboxylic acids is 1. The van der Waals surface area contributed by atoms with Gasteiger partial charge in [-0.2, -0.15) is 5.26 Å². The van der Waals surface area contributed by atoms with Gasteiger partial charge in [0.1, 0.15) is 23.2 Å². The SMILES string of the molecule is Cc1cccc(Oc2ccc(-c3c(C#N)c4cnc(C5CN(C(=O)OC(C)(C)C)C5)cn4c3N)cc2)n1. The minimum atomic E-state index is -0.537. The molecule has 1 aromatic carbocycles. The van der Waals surface area contributed by atoms with Crippen LogP contribution in [0.4, 0.5) is 10.6 Å². The molecular formula is C28H28N6O3. The molecule has 0 unspecified atom stereocenters. The Bertz CT molecular complexity index is 1520. The van der Waals surface area contributed by atoms with Crippen molar-refractivity contribution in [3.05, 3.63) is 71.8 Å². The Kier molecular flexibility index (Phi) is 5.96. The molecule has 3 aromatic heterocycles. The molecular weight excluding hydrogens is 468 g/mol. The van der Waals surface area contributed by atoms with Crippen LogP contribution >= 0.6 is 0 Å². The van der Waals surface area contributed by atoms with Gasteiger partial charge in [0.15, 0.2) is 0 Å². The van der Waals surface area contributed by atoms with E-state index in [1.165, 1.54) is 0 Å². The second kappa shape index (κ2) is 9.13. The molecule has 0 bridgehead atoms. The highest BCUT2D eigenvalue weighted by molar-refractivity contribution is 5.89. The number of hydrogen-bond acceptors (Lipinski definition) is 7. The van der Waals surface area contributed by atoms with E-state index in [0.717, 1.165) is 17.0 Å². The van der Waals surface area contributed by atoms with Gasteiger partial charge in [0.2, 0.25) is 5.88 Å². The van der Waals surface area contributed by atoms with Gasteiger partial charge in [0.05, 0.1) is 23.0 Å². The van der Waals surface area contributed by atoms with Crippen LogP contribution in [0.1, 0.15) is 43.6 Å². The molecule has 0 spiro atoms. The Hall–Kier alpha value is -4.58. The highest BCUT2D eigenvalue weighted by Gasteiger charge is 2.35. The van der Waals surface area contributed by atoms with Crippen molar-refractivity contribution in [1.82, 2.24) is 19.3 Å². The standard InChI is InChI=1S/C28H28N6O3/c1-17-6-5-7-24(32-17)36-20-10-8-18(9-11-20)25-21(12-29)23-13-31-22(16-34(23)26(25)30)19-14-33(15-19)27(35)37-28(2,3)4/h5-11,13,16,19H,14-15,30H2,1-4H3. The lowest BCUT2D eigenvalue weighted by Crippen LogP contribution is -2.50.